The minimum Gasteiger partial charge on any atom is -0.380 e. The van der Waals surface area contributed by atoms with Crippen LogP contribution in [0.1, 0.15) is 0 Å². The summed E-state index contributed by atoms with van der Waals surface area (Å²) in [4.78, 5) is 4.57. The fourth-order valence-corrected chi connectivity index (χ4v) is 4.14. The summed E-state index contributed by atoms with van der Waals surface area (Å²) in [5.74, 6) is 0.292. The molecule has 4 aromatic rings. The number of benzene rings is 2. The highest BCUT2D eigenvalue weighted by Crippen LogP contribution is 2.31. The van der Waals surface area contributed by atoms with Crippen LogP contribution in [0.15, 0.2) is 59.5 Å². The average molecular weight is 434 g/mol. The van der Waals surface area contributed by atoms with E-state index in [-0.39, 0.29) is 4.90 Å². The molecule has 0 aliphatic rings. The van der Waals surface area contributed by atoms with Gasteiger partial charge in [0.2, 0.25) is 0 Å². The summed E-state index contributed by atoms with van der Waals surface area (Å²) in [6, 6.07) is 14.3. The van der Waals surface area contributed by atoms with E-state index in [1.165, 1.54) is 30.3 Å². The van der Waals surface area contributed by atoms with Crippen LogP contribution in [0.3, 0.4) is 0 Å². The molecule has 0 saturated heterocycles. The molecule has 0 atom stereocenters. The second kappa shape index (κ2) is 6.97. The van der Waals surface area contributed by atoms with E-state index in [2.05, 4.69) is 19.9 Å². The SMILES string of the molecule is Nc1n[nH]c2ccc(-c3ccc(NS(=O)(=O)c4ccc(Cl)cc4)cc3Cl)nc12. The van der Waals surface area contributed by atoms with Gasteiger partial charge in [0.05, 0.1) is 26.8 Å². The summed E-state index contributed by atoms with van der Waals surface area (Å²) in [6.45, 7) is 0. The quantitative estimate of drug-likeness (QED) is 0.443. The number of nitrogens with one attached hydrogen (secondary N) is 2. The third-order valence-corrected chi connectivity index (χ3v) is 6.02. The molecule has 0 aliphatic carbocycles. The number of sulfonamides is 1. The van der Waals surface area contributed by atoms with E-state index >= 15 is 0 Å². The van der Waals surface area contributed by atoms with E-state index in [9.17, 15) is 8.42 Å². The van der Waals surface area contributed by atoms with Crippen LogP contribution in [0, 0.1) is 0 Å². The number of hydrogen-bond donors (Lipinski definition) is 3. The highest BCUT2D eigenvalue weighted by Gasteiger charge is 2.16. The van der Waals surface area contributed by atoms with E-state index in [0.717, 1.165) is 0 Å². The minimum atomic E-state index is -3.76. The van der Waals surface area contributed by atoms with E-state index < -0.39 is 10.0 Å². The molecule has 142 valence electrons. The number of aromatic nitrogens is 3. The normalized spacial score (nSPS) is 11.6. The van der Waals surface area contributed by atoms with E-state index in [1.807, 2.05) is 0 Å². The number of nitrogens with zero attached hydrogens (tertiary/aromatic N) is 2. The monoisotopic (exact) mass is 433 g/mol. The number of anilines is 2. The van der Waals surface area contributed by atoms with E-state index in [4.69, 9.17) is 28.9 Å². The van der Waals surface area contributed by atoms with Crippen molar-refractivity contribution in [3.63, 3.8) is 0 Å². The van der Waals surface area contributed by atoms with Crippen molar-refractivity contribution >= 4 is 55.8 Å². The third-order valence-electron chi connectivity index (χ3n) is 4.06. The van der Waals surface area contributed by atoms with Crippen LogP contribution in [-0.4, -0.2) is 23.6 Å². The molecule has 0 unspecified atom stereocenters. The fraction of sp³-hybridized carbons (Fsp3) is 0. The largest absolute Gasteiger partial charge is 0.380 e. The molecule has 0 saturated carbocycles. The Morgan fingerprint density at radius 3 is 2.46 bits per heavy atom. The van der Waals surface area contributed by atoms with Gasteiger partial charge in [0, 0.05) is 10.6 Å². The first-order chi connectivity index (χ1) is 13.3. The van der Waals surface area contributed by atoms with Crippen molar-refractivity contribution in [3.8, 4) is 11.3 Å². The van der Waals surface area contributed by atoms with Gasteiger partial charge in [-0.05, 0) is 54.6 Å². The van der Waals surface area contributed by atoms with Crippen molar-refractivity contribution in [2.45, 2.75) is 4.90 Å². The maximum absolute atomic E-state index is 12.5. The Kier molecular flexibility index (Phi) is 4.62. The Morgan fingerprint density at radius 2 is 1.75 bits per heavy atom. The van der Waals surface area contributed by atoms with Crippen molar-refractivity contribution in [3.05, 3.63) is 64.6 Å². The Morgan fingerprint density at radius 1 is 1.00 bits per heavy atom. The van der Waals surface area contributed by atoms with Crippen molar-refractivity contribution < 1.29 is 8.42 Å². The van der Waals surface area contributed by atoms with Gasteiger partial charge < -0.3 is 5.73 Å². The van der Waals surface area contributed by atoms with Crippen LogP contribution in [0.2, 0.25) is 10.0 Å². The third kappa shape index (κ3) is 3.49. The highest BCUT2D eigenvalue weighted by molar-refractivity contribution is 7.92. The first-order valence-electron chi connectivity index (χ1n) is 8.02. The van der Waals surface area contributed by atoms with Gasteiger partial charge in [0.1, 0.15) is 5.52 Å². The number of H-pyrrole nitrogens is 1. The van der Waals surface area contributed by atoms with Gasteiger partial charge >= 0.3 is 0 Å². The Labute approximate surface area is 170 Å². The van der Waals surface area contributed by atoms with Gasteiger partial charge in [-0.2, -0.15) is 5.10 Å². The van der Waals surface area contributed by atoms with Gasteiger partial charge in [-0.15, -0.1) is 0 Å². The summed E-state index contributed by atoms with van der Waals surface area (Å²) in [6.07, 6.45) is 0. The van der Waals surface area contributed by atoms with Crippen molar-refractivity contribution in [2.24, 2.45) is 0 Å². The zero-order chi connectivity index (χ0) is 19.9. The molecule has 0 radical (unpaired) electrons. The predicted molar refractivity (Wildman–Crippen MR) is 111 cm³/mol. The number of rotatable bonds is 4. The molecule has 4 rings (SSSR count). The Hall–Kier alpha value is -2.81. The van der Waals surface area contributed by atoms with Crippen molar-refractivity contribution in [2.75, 3.05) is 10.5 Å². The van der Waals surface area contributed by atoms with Crippen LogP contribution in [0.4, 0.5) is 11.5 Å². The van der Waals surface area contributed by atoms with Gasteiger partial charge in [-0.3, -0.25) is 9.82 Å². The second-order valence-electron chi connectivity index (χ2n) is 5.96. The molecule has 0 amide bonds. The smallest absolute Gasteiger partial charge is 0.261 e. The summed E-state index contributed by atoms with van der Waals surface area (Å²) in [5, 5.41) is 7.48. The number of fused-ring (bicyclic) bond motifs is 1. The maximum atomic E-state index is 12.5. The molecule has 0 bridgehead atoms. The average Bonchev–Trinajstić information content (AvgIpc) is 3.02. The first-order valence-corrected chi connectivity index (χ1v) is 10.3. The molecule has 7 nitrogen and oxygen atoms in total. The fourth-order valence-electron chi connectivity index (χ4n) is 2.68. The minimum absolute atomic E-state index is 0.0969. The van der Waals surface area contributed by atoms with Crippen LogP contribution < -0.4 is 10.5 Å². The summed E-state index contributed by atoms with van der Waals surface area (Å²) in [5.41, 5.74) is 8.61. The van der Waals surface area contributed by atoms with Crippen LogP contribution in [0.25, 0.3) is 22.3 Å². The second-order valence-corrected chi connectivity index (χ2v) is 8.48. The van der Waals surface area contributed by atoms with E-state index in [0.29, 0.717) is 43.8 Å². The number of pyridine rings is 1. The molecule has 2 aromatic heterocycles. The molecule has 0 spiro atoms. The molecule has 28 heavy (non-hydrogen) atoms. The van der Waals surface area contributed by atoms with Gasteiger partial charge in [0.15, 0.2) is 5.82 Å². The van der Waals surface area contributed by atoms with Gasteiger partial charge in [-0.1, -0.05) is 23.2 Å². The van der Waals surface area contributed by atoms with Crippen molar-refractivity contribution in [1.82, 2.24) is 15.2 Å². The predicted octanol–water partition coefficient (Wildman–Crippen LogP) is 4.31. The molecule has 10 heteroatoms. The molecule has 2 aromatic carbocycles. The van der Waals surface area contributed by atoms with Gasteiger partial charge in [0.25, 0.3) is 10.0 Å². The first kappa shape index (κ1) is 18.5. The Balaban J connectivity index is 1.65. The van der Waals surface area contributed by atoms with Crippen molar-refractivity contribution in [1.29, 1.82) is 0 Å². The number of aromatic amines is 1. The highest BCUT2D eigenvalue weighted by atomic mass is 35.5. The summed E-state index contributed by atoms with van der Waals surface area (Å²) < 4.78 is 27.5. The molecule has 0 aliphatic heterocycles. The van der Waals surface area contributed by atoms with Crippen LogP contribution in [-0.2, 0) is 10.0 Å². The number of nitrogens with two attached hydrogens (primary N) is 1. The summed E-state index contributed by atoms with van der Waals surface area (Å²) in [7, 11) is -3.76. The lowest BCUT2D eigenvalue weighted by atomic mass is 10.1. The zero-order valence-corrected chi connectivity index (χ0v) is 16.5. The number of hydrogen-bond acceptors (Lipinski definition) is 5. The molecule has 4 N–H and O–H groups in total. The Bertz CT molecular complexity index is 1290. The summed E-state index contributed by atoms with van der Waals surface area (Å²) >= 11 is 12.2. The zero-order valence-electron chi connectivity index (χ0n) is 14.1. The van der Waals surface area contributed by atoms with E-state index in [1.54, 1.807) is 24.3 Å². The molecule has 2 heterocycles. The van der Waals surface area contributed by atoms with Gasteiger partial charge in [-0.25, -0.2) is 13.4 Å². The molecular weight excluding hydrogens is 421 g/mol. The maximum Gasteiger partial charge on any atom is 0.261 e. The lowest BCUT2D eigenvalue weighted by Gasteiger charge is -2.10. The standard InChI is InChI=1S/C18H13Cl2N5O2S/c19-10-1-4-12(5-2-10)28(26,27)25-11-3-6-13(14(20)9-11)15-7-8-16-17(22-15)18(21)24-23-16/h1-9,25H,(H3,21,23,24). The topological polar surface area (TPSA) is 114 Å². The molecular formula is C18H13Cl2N5O2S. The van der Waals surface area contributed by atoms with Crippen LogP contribution >= 0.6 is 23.2 Å². The van der Waals surface area contributed by atoms with Crippen LogP contribution in [0.5, 0.6) is 0 Å². The molecule has 0 fully saturated rings. The number of nitrogen functional groups attached to an aromatic ring is 1. The lowest BCUT2D eigenvalue weighted by molar-refractivity contribution is 0.601. The number of halogens is 2. The lowest BCUT2D eigenvalue weighted by Crippen LogP contribution is -2.12.